The van der Waals surface area contributed by atoms with Crippen molar-refractivity contribution < 1.29 is 32.6 Å². The Labute approximate surface area is 117 Å². The average molecular weight is 310 g/mol. The summed E-state index contributed by atoms with van der Waals surface area (Å²) in [5.74, 6) is -1.59. The molecule has 5 nitrogen and oxygen atoms in total. The number of hydrogen-bond donors (Lipinski definition) is 3. The molecule has 0 saturated carbocycles. The second-order valence-corrected chi connectivity index (χ2v) is 4.31. The predicted octanol–water partition coefficient (Wildman–Crippen LogP) is 1.66. The number of nitrogens with one attached hydrogen (secondary N) is 1. The molecule has 0 aliphatic heterocycles. The van der Waals surface area contributed by atoms with E-state index in [0.717, 1.165) is 17.0 Å². The van der Waals surface area contributed by atoms with E-state index in [2.05, 4.69) is 0 Å². The molecule has 0 aliphatic carbocycles. The molecule has 1 unspecified atom stereocenters. The first-order valence-electron chi connectivity index (χ1n) is 5.83. The number of urea groups is 1. The monoisotopic (exact) mass is 310 g/mol. The van der Waals surface area contributed by atoms with Crippen molar-refractivity contribution in [1.82, 2.24) is 4.90 Å². The van der Waals surface area contributed by atoms with Gasteiger partial charge in [-0.25, -0.2) is 9.18 Å². The Kier molecular flexibility index (Phi) is 5.50. The van der Waals surface area contributed by atoms with Gasteiger partial charge in [0, 0.05) is 7.05 Å². The lowest BCUT2D eigenvalue weighted by Gasteiger charge is -2.21. The fraction of sp³-hybridized carbons (Fsp3) is 0.417. The van der Waals surface area contributed by atoms with E-state index < -0.39 is 42.0 Å². The van der Waals surface area contributed by atoms with E-state index in [1.807, 2.05) is 5.32 Å². The van der Waals surface area contributed by atoms with Crippen molar-refractivity contribution in [3.05, 3.63) is 29.6 Å². The number of halogens is 4. The summed E-state index contributed by atoms with van der Waals surface area (Å²) < 4.78 is 51.2. The van der Waals surface area contributed by atoms with Crippen LogP contribution in [0.2, 0.25) is 0 Å². The summed E-state index contributed by atoms with van der Waals surface area (Å²) in [4.78, 5) is 12.6. The Morgan fingerprint density at radius 2 is 2.05 bits per heavy atom. The lowest BCUT2D eigenvalue weighted by molar-refractivity contribution is -0.139. The maximum atomic E-state index is 13.7. The molecule has 0 aromatic heterocycles. The molecular formula is C12H14F4N2O3. The Morgan fingerprint density at radius 1 is 1.43 bits per heavy atom. The summed E-state index contributed by atoms with van der Waals surface area (Å²) in [6, 6.07) is 1.59. The number of alkyl halides is 3. The van der Waals surface area contributed by atoms with Gasteiger partial charge in [-0.2, -0.15) is 13.2 Å². The van der Waals surface area contributed by atoms with Crippen LogP contribution in [0.5, 0.6) is 0 Å². The zero-order chi connectivity index (χ0) is 16.2. The van der Waals surface area contributed by atoms with E-state index in [9.17, 15) is 22.4 Å². The highest BCUT2D eigenvalue weighted by Crippen LogP contribution is 2.33. The van der Waals surface area contributed by atoms with E-state index in [1.54, 1.807) is 0 Å². The van der Waals surface area contributed by atoms with Crippen LogP contribution in [0.25, 0.3) is 0 Å². The highest BCUT2D eigenvalue weighted by Gasteiger charge is 2.35. The second kappa shape index (κ2) is 6.72. The molecule has 2 amide bonds. The van der Waals surface area contributed by atoms with Gasteiger partial charge in [0.1, 0.15) is 0 Å². The van der Waals surface area contributed by atoms with Gasteiger partial charge in [0.2, 0.25) is 0 Å². The zero-order valence-electron chi connectivity index (χ0n) is 11.0. The van der Waals surface area contributed by atoms with E-state index >= 15 is 0 Å². The van der Waals surface area contributed by atoms with Crippen LogP contribution in [0, 0.1) is 5.82 Å². The second-order valence-electron chi connectivity index (χ2n) is 4.31. The SMILES string of the molecule is CN(CC(O)CO)C(=O)Nc1cccc(C(F)(F)F)c1F. The standard InChI is InChI=1S/C12H14F4N2O3/c1-18(5-7(20)6-19)11(21)17-9-4-2-3-8(10(9)13)12(14,15)16/h2-4,7,19-20H,5-6H2,1H3,(H,17,21). The number of hydrogen-bond acceptors (Lipinski definition) is 3. The summed E-state index contributed by atoms with van der Waals surface area (Å²) in [5, 5.41) is 19.8. The summed E-state index contributed by atoms with van der Waals surface area (Å²) in [7, 11) is 1.24. The van der Waals surface area contributed by atoms with Crippen molar-refractivity contribution in [1.29, 1.82) is 0 Å². The van der Waals surface area contributed by atoms with Crippen molar-refractivity contribution in [2.75, 3.05) is 25.5 Å². The number of nitrogens with zero attached hydrogens (tertiary/aromatic N) is 1. The molecule has 9 heteroatoms. The van der Waals surface area contributed by atoms with Crippen LogP contribution < -0.4 is 5.32 Å². The van der Waals surface area contributed by atoms with Gasteiger partial charge in [0.05, 0.1) is 30.5 Å². The van der Waals surface area contributed by atoms with E-state index in [0.29, 0.717) is 6.07 Å². The lowest BCUT2D eigenvalue weighted by Crippen LogP contribution is -2.38. The molecule has 21 heavy (non-hydrogen) atoms. The molecule has 0 heterocycles. The number of benzene rings is 1. The van der Waals surface area contributed by atoms with Gasteiger partial charge in [-0.3, -0.25) is 0 Å². The molecule has 1 aromatic carbocycles. The minimum absolute atomic E-state index is 0.261. The van der Waals surface area contributed by atoms with Crippen molar-refractivity contribution in [2.24, 2.45) is 0 Å². The molecule has 0 saturated heterocycles. The molecule has 0 fully saturated rings. The van der Waals surface area contributed by atoms with Crippen molar-refractivity contribution >= 4 is 11.7 Å². The van der Waals surface area contributed by atoms with Gasteiger partial charge in [-0.1, -0.05) is 6.07 Å². The third kappa shape index (κ3) is 4.57. The topological polar surface area (TPSA) is 72.8 Å². The molecular weight excluding hydrogens is 296 g/mol. The zero-order valence-corrected chi connectivity index (χ0v) is 11.0. The van der Waals surface area contributed by atoms with Gasteiger partial charge in [-0.05, 0) is 12.1 Å². The Balaban J connectivity index is 2.86. The third-order valence-electron chi connectivity index (χ3n) is 2.59. The summed E-state index contributed by atoms with van der Waals surface area (Å²) >= 11 is 0. The Morgan fingerprint density at radius 3 is 2.57 bits per heavy atom. The maximum Gasteiger partial charge on any atom is 0.419 e. The van der Waals surface area contributed by atoms with E-state index in [4.69, 9.17) is 10.2 Å². The first-order chi connectivity index (χ1) is 9.66. The number of carbonyl (C=O) groups excluding carboxylic acids is 1. The van der Waals surface area contributed by atoms with Crippen LogP contribution in [0.4, 0.5) is 28.0 Å². The summed E-state index contributed by atoms with van der Waals surface area (Å²) in [6.45, 7) is -0.849. The molecule has 0 spiro atoms. The van der Waals surface area contributed by atoms with Crippen molar-refractivity contribution in [3.63, 3.8) is 0 Å². The Bertz CT molecular complexity index is 508. The van der Waals surface area contributed by atoms with Gasteiger partial charge in [0.15, 0.2) is 5.82 Å². The Hall–Kier alpha value is -1.87. The quantitative estimate of drug-likeness (QED) is 0.741. The third-order valence-corrected chi connectivity index (χ3v) is 2.59. The minimum Gasteiger partial charge on any atom is -0.394 e. The lowest BCUT2D eigenvalue weighted by atomic mass is 10.2. The highest BCUT2D eigenvalue weighted by atomic mass is 19.4. The molecule has 118 valence electrons. The number of aliphatic hydroxyl groups excluding tert-OH is 2. The maximum absolute atomic E-state index is 13.7. The van der Waals surface area contributed by atoms with E-state index in [1.165, 1.54) is 7.05 Å². The van der Waals surface area contributed by atoms with Crippen LogP contribution in [0.1, 0.15) is 5.56 Å². The number of anilines is 1. The van der Waals surface area contributed by atoms with Crippen molar-refractivity contribution in [3.8, 4) is 0 Å². The highest BCUT2D eigenvalue weighted by molar-refractivity contribution is 5.89. The molecule has 3 N–H and O–H groups in total. The van der Waals surface area contributed by atoms with Crippen LogP contribution in [0.15, 0.2) is 18.2 Å². The van der Waals surface area contributed by atoms with Crippen LogP contribution in [-0.2, 0) is 6.18 Å². The number of likely N-dealkylation sites (N-methyl/N-ethyl adjacent to an activating group) is 1. The van der Waals surface area contributed by atoms with Crippen LogP contribution in [-0.4, -0.2) is 47.4 Å². The fourth-order valence-electron chi connectivity index (χ4n) is 1.51. The van der Waals surface area contributed by atoms with Crippen molar-refractivity contribution in [2.45, 2.75) is 12.3 Å². The van der Waals surface area contributed by atoms with Gasteiger partial charge >= 0.3 is 12.2 Å². The number of rotatable bonds is 4. The fourth-order valence-corrected chi connectivity index (χ4v) is 1.51. The number of aliphatic hydroxyl groups is 2. The van der Waals surface area contributed by atoms with Gasteiger partial charge < -0.3 is 20.4 Å². The molecule has 0 aliphatic rings. The van der Waals surface area contributed by atoms with Gasteiger partial charge in [0.25, 0.3) is 0 Å². The summed E-state index contributed by atoms with van der Waals surface area (Å²) in [6.07, 6.45) is -6.07. The number of amides is 2. The number of carbonyl (C=O) groups is 1. The molecule has 0 radical (unpaired) electrons. The molecule has 1 atom stereocenters. The smallest absolute Gasteiger partial charge is 0.394 e. The molecule has 1 aromatic rings. The largest absolute Gasteiger partial charge is 0.419 e. The average Bonchev–Trinajstić information content (AvgIpc) is 2.39. The normalized spacial score (nSPS) is 12.9. The van der Waals surface area contributed by atoms with Gasteiger partial charge in [-0.15, -0.1) is 0 Å². The minimum atomic E-state index is -4.87. The molecule has 1 rings (SSSR count). The predicted molar refractivity (Wildman–Crippen MR) is 66.1 cm³/mol. The first-order valence-corrected chi connectivity index (χ1v) is 5.83. The summed E-state index contributed by atoms with van der Waals surface area (Å²) in [5.41, 5.74) is -2.11. The van der Waals surface area contributed by atoms with Crippen LogP contribution in [0.3, 0.4) is 0 Å². The first kappa shape index (κ1) is 17.2. The molecule has 0 bridgehead atoms. The van der Waals surface area contributed by atoms with E-state index in [-0.39, 0.29) is 6.54 Å². The van der Waals surface area contributed by atoms with Crippen LogP contribution >= 0.6 is 0 Å².